The number of rotatable bonds is 7. The Balaban J connectivity index is 2.42. The number of hydrogen-bond acceptors (Lipinski definition) is 3. The average Bonchev–Trinajstić information content (AvgIpc) is 2.64. The Morgan fingerprint density at radius 1 is 1.38 bits per heavy atom. The molecule has 0 saturated heterocycles. The van der Waals surface area contributed by atoms with Crippen molar-refractivity contribution in [2.24, 2.45) is 0 Å². The summed E-state index contributed by atoms with van der Waals surface area (Å²) in [6.07, 6.45) is 7.59. The van der Waals surface area contributed by atoms with E-state index in [1.165, 1.54) is 12.8 Å². The highest BCUT2D eigenvalue weighted by molar-refractivity contribution is 7.85. The van der Waals surface area contributed by atoms with Crippen LogP contribution in [0.2, 0.25) is 0 Å². The van der Waals surface area contributed by atoms with Gasteiger partial charge in [-0.1, -0.05) is 32.6 Å². The van der Waals surface area contributed by atoms with Crippen LogP contribution in [-0.2, 0) is 10.1 Å². The maximum absolute atomic E-state index is 10.9. The van der Waals surface area contributed by atoms with Gasteiger partial charge in [-0.25, -0.2) is 0 Å². The lowest BCUT2D eigenvalue weighted by Crippen LogP contribution is -2.41. The predicted molar refractivity (Wildman–Crippen MR) is 65.1 cm³/mol. The van der Waals surface area contributed by atoms with Gasteiger partial charge in [0.2, 0.25) is 0 Å². The first kappa shape index (κ1) is 13.9. The largest absolute Gasteiger partial charge is 0.310 e. The minimum atomic E-state index is -3.86. The predicted octanol–water partition coefficient (Wildman–Crippen LogP) is 1.97. The minimum absolute atomic E-state index is 0.0851. The Kier molecular flexibility index (Phi) is 5.72. The van der Waals surface area contributed by atoms with E-state index in [1.54, 1.807) is 0 Å². The lowest BCUT2D eigenvalue weighted by atomic mass is 10.1. The van der Waals surface area contributed by atoms with Crippen LogP contribution < -0.4 is 5.32 Å². The van der Waals surface area contributed by atoms with Gasteiger partial charge in [-0.3, -0.25) is 4.55 Å². The second kappa shape index (κ2) is 6.57. The van der Waals surface area contributed by atoms with E-state index in [0.717, 1.165) is 32.1 Å². The summed E-state index contributed by atoms with van der Waals surface area (Å²) in [6.45, 7) is 2.08. The third-order valence-corrected chi connectivity index (χ3v) is 3.97. The third kappa shape index (κ3) is 5.82. The SMILES string of the molecule is CCCCC(CS(=O)(=O)O)NC1CCCC1. The van der Waals surface area contributed by atoms with Crippen molar-refractivity contribution < 1.29 is 13.0 Å². The van der Waals surface area contributed by atoms with Crippen molar-refractivity contribution in [2.45, 2.75) is 64.0 Å². The summed E-state index contributed by atoms with van der Waals surface area (Å²) in [4.78, 5) is 0. The molecule has 0 aliphatic heterocycles. The van der Waals surface area contributed by atoms with Crippen molar-refractivity contribution in [3.8, 4) is 0 Å². The molecule has 0 radical (unpaired) electrons. The van der Waals surface area contributed by atoms with Gasteiger partial charge in [-0.05, 0) is 19.3 Å². The van der Waals surface area contributed by atoms with Gasteiger partial charge in [0.1, 0.15) is 0 Å². The van der Waals surface area contributed by atoms with Crippen molar-refractivity contribution in [2.75, 3.05) is 5.75 Å². The highest BCUT2D eigenvalue weighted by Crippen LogP contribution is 2.19. The fourth-order valence-corrected chi connectivity index (χ4v) is 3.12. The number of nitrogens with one attached hydrogen (secondary N) is 1. The Bertz CT molecular complexity index is 284. The third-order valence-electron chi connectivity index (χ3n) is 3.14. The molecule has 2 N–H and O–H groups in total. The minimum Gasteiger partial charge on any atom is -0.310 e. The summed E-state index contributed by atoms with van der Waals surface area (Å²) in [6, 6.07) is 0.363. The number of unbranched alkanes of at least 4 members (excludes halogenated alkanes) is 1. The van der Waals surface area contributed by atoms with Crippen molar-refractivity contribution in [1.82, 2.24) is 5.32 Å². The first-order valence-electron chi connectivity index (χ1n) is 6.22. The summed E-state index contributed by atoms with van der Waals surface area (Å²) in [5.41, 5.74) is 0. The molecule has 1 rings (SSSR count). The Morgan fingerprint density at radius 2 is 2.00 bits per heavy atom. The topological polar surface area (TPSA) is 66.4 Å². The molecular formula is C11H23NO3S. The molecule has 5 heteroatoms. The van der Waals surface area contributed by atoms with Crippen molar-refractivity contribution in [3.63, 3.8) is 0 Å². The average molecular weight is 249 g/mol. The fourth-order valence-electron chi connectivity index (χ4n) is 2.35. The van der Waals surface area contributed by atoms with E-state index in [1.807, 2.05) is 0 Å². The molecule has 1 aliphatic carbocycles. The van der Waals surface area contributed by atoms with Gasteiger partial charge in [0.05, 0.1) is 5.75 Å². The summed E-state index contributed by atoms with van der Waals surface area (Å²) < 4.78 is 30.7. The molecule has 16 heavy (non-hydrogen) atoms. The zero-order chi connectivity index (χ0) is 12.0. The van der Waals surface area contributed by atoms with Crippen molar-refractivity contribution in [1.29, 1.82) is 0 Å². The maximum atomic E-state index is 10.9. The van der Waals surface area contributed by atoms with E-state index in [2.05, 4.69) is 12.2 Å². The van der Waals surface area contributed by atoms with Crippen molar-refractivity contribution in [3.05, 3.63) is 0 Å². The molecule has 1 aliphatic rings. The van der Waals surface area contributed by atoms with Crippen molar-refractivity contribution >= 4 is 10.1 Å². The monoisotopic (exact) mass is 249 g/mol. The fraction of sp³-hybridized carbons (Fsp3) is 1.00. The zero-order valence-electron chi connectivity index (χ0n) is 9.98. The smallest absolute Gasteiger partial charge is 0.266 e. The van der Waals surface area contributed by atoms with Crippen LogP contribution in [0, 0.1) is 0 Å². The molecule has 1 fully saturated rings. The summed E-state index contributed by atoms with van der Waals surface area (Å²) in [5, 5.41) is 3.37. The van der Waals surface area contributed by atoms with Crippen LogP contribution in [0.5, 0.6) is 0 Å². The molecule has 0 spiro atoms. The molecule has 0 aromatic rings. The second-order valence-electron chi connectivity index (χ2n) is 4.74. The maximum Gasteiger partial charge on any atom is 0.266 e. The van der Waals surface area contributed by atoms with Crippen LogP contribution in [0.25, 0.3) is 0 Å². The van der Waals surface area contributed by atoms with E-state index in [4.69, 9.17) is 4.55 Å². The molecule has 1 atom stereocenters. The molecule has 0 aromatic heterocycles. The number of hydrogen-bond donors (Lipinski definition) is 2. The summed E-state index contributed by atoms with van der Waals surface area (Å²) in [5.74, 6) is -0.149. The van der Waals surface area contributed by atoms with E-state index < -0.39 is 10.1 Å². The van der Waals surface area contributed by atoms with Crippen LogP contribution in [-0.4, -0.2) is 30.8 Å². The van der Waals surface area contributed by atoms with Gasteiger partial charge in [-0.2, -0.15) is 8.42 Å². The van der Waals surface area contributed by atoms with Gasteiger partial charge < -0.3 is 5.32 Å². The van der Waals surface area contributed by atoms with E-state index in [0.29, 0.717) is 6.04 Å². The first-order chi connectivity index (χ1) is 7.51. The van der Waals surface area contributed by atoms with Crippen LogP contribution >= 0.6 is 0 Å². The Hall–Kier alpha value is -0.130. The lowest BCUT2D eigenvalue weighted by molar-refractivity contribution is 0.407. The normalized spacial score (nSPS) is 20.1. The molecule has 0 amide bonds. The van der Waals surface area contributed by atoms with E-state index in [-0.39, 0.29) is 11.8 Å². The standard InChI is InChI=1S/C11H23NO3S/c1-2-3-6-11(9-16(13,14)15)12-10-7-4-5-8-10/h10-12H,2-9H2,1H3,(H,13,14,15). The van der Waals surface area contributed by atoms with Gasteiger partial charge in [-0.15, -0.1) is 0 Å². The Labute approximate surface area is 98.6 Å². The molecule has 0 aromatic carbocycles. The molecule has 4 nitrogen and oxygen atoms in total. The highest BCUT2D eigenvalue weighted by atomic mass is 32.2. The molecule has 0 bridgehead atoms. The highest BCUT2D eigenvalue weighted by Gasteiger charge is 2.22. The van der Waals surface area contributed by atoms with E-state index >= 15 is 0 Å². The molecular weight excluding hydrogens is 226 g/mol. The first-order valence-corrected chi connectivity index (χ1v) is 7.83. The van der Waals surface area contributed by atoms with E-state index in [9.17, 15) is 8.42 Å². The van der Waals surface area contributed by atoms with Crippen LogP contribution in [0.15, 0.2) is 0 Å². The summed E-state index contributed by atoms with van der Waals surface area (Å²) in [7, 11) is -3.86. The van der Waals surface area contributed by atoms with Crippen LogP contribution in [0.1, 0.15) is 51.9 Å². The van der Waals surface area contributed by atoms with Gasteiger partial charge in [0.25, 0.3) is 10.1 Å². The summed E-state index contributed by atoms with van der Waals surface area (Å²) >= 11 is 0. The Morgan fingerprint density at radius 3 is 2.50 bits per heavy atom. The molecule has 96 valence electrons. The van der Waals surface area contributed by atoms with Crippen LogP contribution in [0.4, 0.5) is 0 Å². The van der Waals surface area contributed by atoms with Gasteiger partial charge >= 0.3 is 0 Å². The lowest BCUT2D eigenvalue weighted by Gasteiger charge is -2.21. The molecule has 1 saturated carbocycles. The van der Waals surface area contributed by atoms with Crippen LogP contribution in [0.3, 0.4) is 0 Å². The quantitative estimate of drug-likeness (QED) is 0.677. The molecule has 0 heterocycles. The molecule has 1 unspecified atom stereocenters. The van der Waals surface area contributed by atoms with Gasteiger partial charge in [0, 0.05) is 12.1 Å². The zero-order valence-corrected chi connectivity index (χ0v) is 10.8. The van der Waals surface area contributed by atoms with Gasteiger partial charge in [0.15, 0.2) is 0 Å². The second-order valence-corrected chi connectivity index (χ2v) is 6.23.